The number of hydrogen-bond acceptors (Lipinski definition) is 2. The van der Waals surface area contributed by atoms with Gasteiger partial charge in [0, 0.05) is 5.92 Å². The van der Waals surface area contributed by atoms with Crippen LogP contribution in [-0.4, -0.2) is 19.0 Å². The second-order valence-corrected chi connectivity index (χ2v) is 7.95. The van der Waals surface area contributed by atoms with Crippen molar-refractivity contribution in [1.29, 1.82) is 0 Å². The van der Waals surface area contributed by atoms with E-state index in [1.165, 1.54) is 25.0 Å². The third kappa shape index (κ3) is 3.85. The molecule has 5 heteroatoms. The molecule has 0 bridgehead atoms. The highest BCUT2D eigenvalue weighted by atomic mass is 35.5. The second-order valence-electron chi connectivity index (χ2n) is 7.95. The minimum absolute atomic E-state index is 0. The SMILES string of the molecule is Cl.O=C(NC(c1ccc(F)cc1)C1CCCC1)C1CC12CCNCC2. The van der Waals surface area contributed by atoms with Crippen molar-refractivity contribution in [3.05, 3.63) is 35.6 Å². The van der Waals surface area contributed by atoms with Gasteiger partial charge in [-0.2, -0.15) is 0 Å². The molecule has 1 saturated heterocycles. The number of rotatable bonds is 4. The van der Waals surface area contributed by atoms with Gasteiger partial charge in [0.1, 0.15) is 5.82 Å². The summed E-state index contributed by atoms with van der Waals surface area (Å²) in [5.41, 5.74) is 1.31. The first-order chi connectivity index (χ1) is 11.7. The average Bonchev–Trinajstić information content (AvgIpc) is 3.04. The molecule has 3 fully saturated rings. The van der Waals surface area contributed by atoms with Gasteiger partial charge in [0.15, 0.2) is 0 Å². The van der Waals surface area contributed by atoms with Crippen LogP contribution in [0.4, 0.5) is 4.39 Å². The van der Waals surface area contributed by atoms with E-state index >= 15 is 0 Å². The molecule has 1 heterocycles. The topological polar surface area (TPSA) is 41.1 Å². The summed E-state index contributed by atoms with van der Waals surface area (Å²) in [4.78, 5) is 12.9. The molecule has 4 rings (SSSR count). The smallest absolute Gasteiger partial charge is 0.224 e. The lowest BCUT2D eigenvalue weighted by Gasteiger charge is -2.27. The first-order valence-electron chi connectivity index (χ1n) is 9.45. The molecule has 1 aromatic carbocycles. The molecule has 2 aliphatic carbocycles. The molecular weight excluding hydrogens is 339 g/mol. The highest BCUT2D eigenvalue weighted by Crippen LogP contribution is 2.58. The minimum atomic E-state index is -0.217. The van der Waals surface area contributed by atoms with E-state index < -0.39 is 0 Å². The van der Waals surface area contributed by atoms with Crippen LogP contribution < -0.4 is 10.6 Å². The summed E-state index contributed by atoms with van der Waals surface area (Å²) in [6.07, 6.45) is 8.06. The van der Waals surface area contributed by atoms with E-state index in [0.717, 1.165) is 50.8 Å². The standard InChI is InChI=1S/C20H27FN2O.ClH/c21-16-7-5-15(6-8-16)18(14-3-1-2-4-14)23-19(24)17-13-20(17)9-11-22-12-10-20;/h5-8,14,17-18,22H,1-4,9-13H2,(H,23,24);1H. The maximum absolute atomic E-state index is 13.3. The molecule has 138 valence electrons. The molecular formula is C20H28ClFN2O. The summed E-state index contributed by atoms with van der Waals surface area (Å²) in [7, 11) is 0. The van der Waals surface area contributed by atoms with Gasteiger partial charge in [-0.25, -0.2) is 4.39 Å². The maximum atomic E-state index is 13.3. The molecule has 0 aromatic heterocycles. The largest absolute Gasteiger partial charge is 0.349 e. The van der Waals surface area contributed by atoms with Crippen LogP contribution in [0.2, 0.25) is 0 Å². The quantitative estimate of drug-likeness (QED) is 0.846. The number of hydrogen-bond donors (Lipinski definition) is 2. The van der Waals surface area contributed by atoms with Crippen LogP contribution in [0.15, 0.2) is 24.3 Å². The number of halogens is 2. The monoisotopic (exact) mass is 366 g/mol. The molecule has 2 N–H and O–H groups in total. The van der Waals surface area contributed by atoms with E-state index in [1.54, 1.807) is 0 Å². The van der Waals surface area contributed by atoms with Gasteiger partial charge in [-0.05, 0) is 74.2 Å². The molecule has 1 aliphatic heterocycles. The number of carbonyl (C=O) groups is 1. The lowest BCUT2D eigenvalue weighted by atomic mass is 9.89. The number of piperidine rings is 1. The normalized spacial score (nSPS) is 26.0. The minimum Gasteiger partial charge on any atom is -0.349 e. The first-order valence-corrected chi connectivity index (χ1v) is 9.45. The van der Waals surface area contributed by atoms with Crippen molar-refractivity contribution in [2.24, 2.45) is 17.3 Å². The Morgan fingerprint density at radius 3 is 2.44 bits per heavy atom. The number of carbonyl (C=O) groups excluding carboxylic acids is 1. The zero-order valence-corrected chi connectivity index (χ0v) is 15.4. The van der Waals surface area contributed by atoms with E-state index in [4.69, 9.17) is 0 Å². The highest BCUT2D eigenvalue weighted by Gasteiger charge is 2.57. The van der Waals surface area contributed by atoms with E-state index in [-0.39, 0.29) is 41.5 Å². The van der Waals surface area contributed by atoms with E-state index in [1.807, 2.05) is 12.1 Å². The van der Waals surface area contributed by atoms with Crippen molar-refractivity contribution in [2.75, 3.05) is 13.1 Å². The molecule has 25 heavy (non-hydrogen) atoms. The second kappa shape index (κ2) is 7.63. The molecule has 3 nitrogen and oxygen atoms in total. The number of nitrogens with one attached hydrogen (secondary N) is 2. The molecule has 3 aliphatic rings. The summed E-state index contributed by atoms with van der Waals surface area (Å²) < 4.78 is 13.3. The van der Waals surface area contributed by atoms with Crippen molar-refractivity contribution in [1.82, 2.24) is 10.6 Å². The van der Waals surface area contributed by atoms with Gasteiger partial charge in [0.05, 0.1) is 6.04 Å². The molecule has 2 unspecified atom stereocenters. The van der Waals surface area contributed by atoms with Gasteiger partial charge in [-0.15, -0.1) is 12.4 Å². The Balaban J connectivity index is 0.00000182. The Hall–Kier alpha value is -1.13. The van der Waals surface area contributed by atoms with E-state index in [9.17, 15) is 9.18 Å². The van der Waals surface area contributed by atoms with Gasteiger partial charge >= 0.3 is 0 Å². The summed E-state index contributed by atoms with van der Waals surface area (Å²) in [5, 5.41) is 6.74. The Bertz CT molecular complexity index is 594. The number of amides is 1. The fourth-order valence-corrected chi connectivity index (χ4v) is 4.88. The van der Waals surface area contributed by atoms with Crippen molar-refractivity contribution in [3.63, 3.8) is 0 Å². The Morgan fingerprint density at radius 1 is 1.16 bits per heavy atom. The van der Waals surface area contributed by atoms with Crippen LogP contribution in [0, 0.1) is 23.1 Å². The fourth-order valence-electron chi connectivity index (χ4n) is 4.88. The molecule has 1 spiro atoms. The van der Waals surface area contributed by atoms with Gasteiger partial charge < -0.3 is 10.6 Å². The van der Waals surface area contributed by atoms with Crippen LogP contribution in [0.25, 0.3) is 0 Å². The summed E-state index contributed by atoms with van der Waals surface area (Å²) in [5.74, 6) is 0.676. The predicted molar refractivity (Wildman–Crippen MR) is 99.1 cm³/mol. The van der Waals surface area contributed by atoms with Gasteiger partial charge in [0.25, 0.3) is 0 Å². The third-order valence-electron chi connectivity index (χ3n) is 6.50. The van der Waals surface area contributed by atoms with Gasteiger partial charge in [0.2, 0.25) is 5.91 Å². The average molecular weight is 367 g/mol. The number of benzene rings is 1. The van der Waals surface area contributed by atoms with Crippen LogP contribution in [0.5, 0.6) is 0 Å². The highest BCUT2D eigenvalue weighted by molar-refractivity contribution is 5.85. The Labute approximate surface area is 155 Å². The first kappa shape index (κ1) is 18.7. The van der Waals surface area contributed by atoms with Crippen molar-refractivity contribution in [2.45, 2.75) is 51.0 Å². The zero-order valence-electron chi connectivity index (χ0n) is 14.6. The lowest BCUT2D eigenvalue weighted by Crippen LogP contribution is -2.37. The molecule has 0 radical (unpaired) electrons. The summed E-state index contributed by atoms with van der Waals surface area (Å²) in [6, 6.07) is 6.74. The van der Waals surface area contributed by atoms with Crippen LogP contribution in [0.1, 0.15) is 56.6 Å². The lowest BCUT2D eigenvalue weighted by molar-refractivity contribution is -0.124. The van der Waals surface area contributed by atoms with E-state index in [2.05, 4.69) is 10.6 Å². The third-order valence-corrected chi connectivity index (χ3v) is 6.50. The van der Waals surface area contributed by atoms with Gasteiger partial charge in [-0.1, -0.05) is 25.0 Å². The Morgan fingerprint density at radius 2 is 1.80 bits per heavy atom. The van der Waals surface area contributed by atoms with Crippen LogP contribution >= 0.6 is 12.4 Å². The van der Waals surface area contributed by atoms with Crippen LogP contribution in [-0.2, 0) is 4.79 Å². The molecule has 1 amide bonds. The van der Waals surface area contributed by atoms with Gasteiger partial charge in [-0.3, -0.25) is 4.79 Å². The van der Waals surface area contributed by atoms with Crippen molar-refractivity contribution in [3.8, 4) is 0 Å². The fraction of sp³-hybridized carbons (Fsp3) is 0.650. The molecule has 1 aromatic rings. The van der Waals surface area contributed by atoms with Crippen molar-refractivity contribution >= 4 is 18.3 Å². The van der Waals surface area contributed by atoms with Crippen molar-refractivity contribution < 1.29 is 9.18 Å². The summed E-state index contributed by atoms with van der Waals surface area (Å²) >= 11 is 0. The van der Waals surface area contributed by atoms with E-state index in [0.29, 0.717) is 5.92 Å². The maximum Gasteiger partial charge on any atom is 0.224 e. The predicted octanol–water partition coefficient (Wildman–Crippen LogP) is 3.98. The Kier molecular flexibility index (Phi) is 5.69. The molecule has 2 atom stereocenters. The van der Waals surface area contributed by atoms with Crippen LogP contribution in [0.3, 0.4) is 0 Å². The zero-order chi connectivity index (χ0) is 16.6. The summed E-state index contributed by atoms with van der Waals surface area (Å²) in [6.45, 7) is 2.07. The molecule has 2 saturated carbocycles.